The molecule has 0 aliphatic carbocycles. The Balaban J connectivity index is 2.03. The molecule has 2 aromatic carbocycles. The van der Waals surface area contributed by atoms with Crippen molar-refractivity contribution in [3.8, 4) is 5.75 Å². The second-order valence-corrected chi connectivity index (χ2v) is 6.49. The number of para-hydroxylation sites is 2. The van der Waals surface area contributed by atoms with E-state index in [-0.39, 0.29) is 23.2 Å². The Bertz CT molecular complexity index is 1010. The van der Waals surface area contributed by atoms with Crippen LogP contribution in [0.2, 0.25) is 5.02 Å². The third kappa shape index (κ3) is 4.68. The normalized spacial score (nSPS) is 11.2. The van der Waals surface area contributed by atoms with Crippen LogP contribution in [0.25, 0.3) is 0 Å². The standard InChI is InChI=1S/C21H16ClF3N2O2/c1-29-19-10-6-5-9-18(19)27(20(28)14-7-3-2-4-8-14)13-17-16(22)11-15(12-26-17)21(23,24)25/h2-12H,13H2,1H3. The van der Waals surface area contributed by atoms with Crippen molar-refractivity contribution in [3.63, 3.8) is 0 Å². The number of hydrogen-bond acceptors (Lipinski definition) is 3. The lowest BCUT2D eigenvalue weighted by Crippen LogP contribution is -2.31. The fourth-order valence-electron chi connectivity index (χ4n) is 2.74. The summed E-state index contributed by atoms with van der Waals surface area (Å²) in [7, 11) is 1.47. The smallest absolute Gasteiger partial charge is 0.417 e. The summed E-state index contributed by atoms with van der Waals surface area (Å²) in [5, 5.41) is -0.180. The number of pyridine rings is 1. The Labute approximate surface area is 170 Å². The first-order valence-corrected chi connectivity index (χ1v) is 8.90. The number of methoxy groups -OCH3 is 1. The molecule has 0 spiro atoms. The molecule has 1 heterocycles. The summed E-state index contributed by atoms with van der Waals surface area (Å²) in [6.45, 7) is -0.134. The minimum absolute atomic E-state index is 0.134. The molecule has 0 bridgehead atoms. The molecule has 150 valence electrons. The van der Waals surface area contributed by atoms with Crippen LogP contribution in [0.4, 0.5) is 18.9 Å². The minimum atomic E-state index is -4.56. The summed E-state index contributed by atoms with van der Waals surface area (Å²) in [6.07, 6.45) is -3.86. The highest BCUT2D eigenvalue weighted by Crippen LogP contribution is 2.34. The molecule has 0 aliphatic rings. The average Bonchev–Trinajstić information content (AvgIpc) is 2.72. The van der Waals surface area contributed by atoms with Crippen LogP contribution in [-0.2, 0) is 12.7 Å². The minimum Gasteiger partial charge on any atom is -0.495 e. The van der Waals surface area contributed by atoms with E-state index in [4.69, 9.17) is 16.3 Å². The van der Waals surface area contributed by atoms with Gasteiger partial charge in [-0.05, 0) is 30.3 Å². The number of carbonyl (C=O) groups is 1. The molecule has 0 saturated heterocycles. The topological polar surface area (TPSA) is 42.4 Å². The lowest BCUT2D eigenvalue weighted by Gasteiger charge is -2.25. The quantitative estimate of drug-likeness (QED) is 0.539. The van der Waals surface area contributed by atoms with Crippen LogP contribution >= 0.6 is 11.6 Å². The molecule has 0 N–H and O–H groups in total. The van der Waals surface area contributed by atoms with Crippen LogP contribution in [-0.4, -0.2) is 18.0 Å². The van der Waals surface area contributed by atoms with E-state index in [0.717, 1.165) is 6.07 Å². The molecule has 1 aromatic heterocycles. The Morgan fingerprint density at radius 2 is 1.76 bits per heavy atom. The molecule has 0 fully saturated rings. The third-order valence-corrected chi connectivity index (χ3v) is 4.52. The lowest BCUT2D eigenvalue weighted by molar-refractivity contribution is -0.137. The second-order valence-electron chi connectivity index (χ2n) is 6.08. The van der Waals surface area contributed by atoms with Crippen molar-refractivity contribution in [3.05, 3.63) is 88.7 Å². The number of alkyl halides is 3. The predicted octanol–water partition coefficient (Wildman–Crippen LogP) is 5.61. The van der Waals surface area contributed by atoms with E-state index >= 15 is 0 Å². The highest BCUT2D eigenvalue weighted by atomic mass is 35.5. The molecule has 1 amide bonds. The van der Waals surface area contributed by atoms with Gasteiger partial charge in [-0.3, -0.25) is 14.7 Å². The van der Waals surface area contributed by atoms with Gasteiger partial charge >= 0.3 is 6.18 Å². The van der Waals surface area contributed by atoms with Crippen molar-refractivity contribution in [2.45, 2.75) is 12.7 Å². The van der Waals surface area contributed by atoms with Gasteiger partial charge in [0.2, 0.25) is 0 Å². The average molecular weight is 421 g/mol. The molecular formula is C21H16ClF3N2O2. The lowest BCUT2D eigenvalue weighted by atomic mass is 10.1. The second kappa shape index (κ2) is 8.53. The summed E-state index contributed by atoms with van der Waals surface area (Å²) >= 11 is 6.06. The molecule has 3 aromatic rings. The van der Waals surface area contributed by atoms with Crippen LogP contribution < -0.4 is 9.64 Å². The number of benzene rings is 2. The van der Waals surface area contributed by atoms with Gasteiger partial charge in [-0.1, -0.05) is 41.9 Å². The molecule has 0 atom stereocenters. The van der Waals surface area contributed by atoms with Crippen molar-refractivity contribution in [1.82, 2.24) is 4.98 Å². The van der Waals surface area contributed by atoms with Crippen LogP contribution in [0.1, 0.15) is 21.6 Å². The van der Waals surface area contributed by atoms with Crippen LogP contribution in [0.3, 0.4) is 0 Å². The maximum atomic E-state index is 13.2. The van der Waals surface area contributed by atoms with Crippen LogP contribution in [0.5, 0.6) is 5.75 Å². The summed E-state index contributed by atoms with van der Waals surface area (Å²) in [5.41, 5.74) is 0.0300. The van der Waals surface area contributed by atoms with Gasteiger partial charge in [-0.25, -0.2) is 0 Å². The van der Waals surface area contributed by atoms with Crippen molar-refractivity contribution in [1.29, 1.82) is 0 Å². The zero-order valence-corrected chi connectivity index (χ0v) is 16.0. The highest BCUT2D eigenvalue weighted by Gasteiger charge is 2.32. The van der Waals surface area contributed by atoms with Gasteiger partial charge in [-0.15, -0.1) is 0 Å². The predicted molar refractivity (Wildman–Crippen MR) is 104 cm³/mol. The van der Waals surface area contributed by atoms with Crippen molar-refractivity contribution in [2.24, 2.45) is 0 Å². The molecule has 0 saturated carbocycles. The fourth-order valence-corrected chi connectivity index (χ4v) is 2.97. The molecule has 0 unspecified atom stereocenters. The zero-order chi connectivity index (χ0) is 21.0. The Morgan fingerprint density at radius 3 is 2.38 bits per heavy atom. The van der Waals surface area contributed by atoms with E-state index in [0.29, 0.717) is 23.2 Å². The molecular weight excluding hydrogens is 405 g/mol. The number of halogens is 4. The largest absolute Gasteiger partial charge is 0.495 e. The summed E-state index contributed by atoms with van der Waals surface area (Å²) in [5.74, 6) is 0.0627. The van der Waals surface area contributed by atoms with Gasteiger partial charge < -0.3 is 4.74 Å². The van der Waals surface area contributed by atoms with Crippen molar-refractivity contribution >= 4 is 23.2 Å². The first-order valence-electron chi connectivity index (χ1n) is 8.53. The van der Waals surface area contributed by atoms with Gasteiger partial charge in [0.15, 0.2) is 0 Å². The number of rotatable bonds is 5. The van der Waals surface area contributed by atoms with E-state index in [1.54, 1.807) is 54.6 Å². The van der Waals surface area contributed by atoms with Crippen molar-refractivity contribution in [2.75, 3.05) is 12.0 Å². The SMILES string of the molecule is COc1ccccc1N(Cc1ncc(C(F)(F)F)cc1Cl)C(=O)c1ccccc1. The molecule has 29 heavy (non-hydrogen) atoms. The van der Waals surface area contributed by atoms with Crippen LogP contribution in [0.15, 0.2) is 66.9 Å². The zero-order valence-electron chi connectivity index (χ0n) is 15.3. The fraction of sp³-hybridized carbons (Fsp3) is 0.143. The number of aromatic nitrogens is 1. The van der Waals surface area contributed by atoms with Gasteiger partial charge in [0, 0.05) is 11.8 Å². The van der Waals surface area contributed by atoms with E-state index in [9.17, 15) is 18.0 Å². The van der Waals surface area contributed by atoms with E-state index in [1.165, 1.54) is 12.0 Å². The Hall–Kier alpha value is -3.06. The number of carbonyl (C=O) groups excluding carboxylic acids is 1. The number of amides is 1. The summed E-state index contributed by atoms with van der Waals surface area (Å²) in [4.78, 5) is 18.4. The maximum Gasteiger partial charge on any atom is 0.417 e. The van der Waals surface area contributed by atoms with E-state index in [2.05, 4.69) is 4.98 Å². The number of ether oxygens (including phenoxy) is 1. The summed E-state index contributed by atoms with van der Waals surface area (Å²) in [6, 6.07) is 16.1. The summed E-state index contributed by atoms with van der Waals surface area (Å²) < 4.78 is 44.0. The monoisotopic (exact) mass is 420 g/mol. The molecule has 8 heteroatoms. The van der Waals surface area contributed by atoms with Gasteiger partial charge in [0.1, 0.15) is 5.75 Å². The van der Waals surface area contributed by atoms with E-state index < -0.39 is 11.7 Å². The molecule has 3 rings (SSSR count). The van der Waals surface area contributed by atoms with Crippen molar-refractivity contribution < 1.29 is 22.7 Å². The Kier molecular flexibility index (Phi) is 6.08. The third-order valence-electron chi connectivity index (χ3n) is 4.19. The van der Waals surface area contributed by atoms with E-state index in [1.807, 2.05) is 0 Å². The number of hydrogen-bond donors (Lipinski definition) is 0. The number of anilines is 1. The maximum absolute atomic E-state index is 13.2. The van der Waals surface area contributed by atoms with Gasteiger partial charge in [0.05, 0.1) is 35.6 Å². The Morgan fingerprint density at radius 1 is 1.10 bits per heavy atom. The number of nitrogens with zero attached hydrogens (tertiary/aromatic N) is 2. The molecule has 0 radical (unpaired) electrons. The first kappa shape index (κ1) is 20.7. The van der Waals surface area contributed by atoms with Gasteiger partial charge in [-0.2, -0.15) is 13.2 Å². The van der Waals surface area contributed by atoms with Crippen LogP contribution in [0, 0.1) is 0 Å². The molecule has 4 nitrogen and oxygen atoms in total. The first-order chi connectivity index (χ1) is 13.8. The molecule has 0 aliphatic heterocycles. The highest BCUT2D eigenvalue weighted by molar-refractivity contribution is 6.31. The van der Waals surface area contributed by atoms with Gasteiger partial charge in [0.25, 0.3) is 5.91 Å².